The first-order chi connectivity index (χ1) is 47.5. The fraction of sp³-hybridized carbons (Fsp3) is 0.179. The van der Waals surface area contributed by atoms with Crippen molar-refractivity contribution < 1.29 is 71.5 Å². The van der Waals surface area contributed by atoms with Crippen molar-refractivity contribution in [3.63, 3.8) is 0 Å². The van der Waals surface area contributed by atoms with Crippen molar-refractivity contribution in [2.75, 3.05) is 56.9 Å². The minimum atomic E-state index is 0.0148. The van der Waals surface area contributed by atoms with Gasteiger partial charge in [0.2, 0.25) is 0 Å². The number of allylic oxidation sites excluding steroid dienone is 1. The zero-order valence-corrected chi connectivity index (χ0v) is 58.8. The van der Waals surface area contributed by atoms with E-state index in [0.717, 1.165) is 89.8 Å². The first kappa shape index (κ1) is 79.5. The summed E-state index contributed by atoms with van der Waals surface area (Å²) in [4.78, 5) is 76.8. The van der Waals surface area contributed by atoms with Gasteiger partial charge in [0, 0.05) is 33.4 Å². The number of carbonyl (C=O) groups excluding carboxylic acids is 7. The van der Waals surface area contributed by atoms with Crippen LogP contribution in [0.2, 0.25) is 0 Å². The minimum absolute atomic E-state index is 0.0148. The highest BCUT2D eigenvalue weighted by molar-refractivity contribution is 5.99. The zero-order chi connectivity index (χ0) is 72.8. The fourth-order valence-corrected chi connectivity index (χ4v) is 8.64. The molecule has 0 fully saturated rings. The number of ether oxygens (including phenoxy) is 8. The highest BCUT2D eigenvalue weighted by atomic mass is 16.5. The number of Topliss-reactive ketones (excluding diaryl/α,β-unsaturated/α-hetero) is 6. The van der Waals surface area contributed by atoms with Gasteiger partial charge in [-0.3, -0.25) is 33.6 Å². The van der Waals surface area contributed by atoms with E-state index in [1.165, 1.54) is 20.8 Å². The largest absolute Gasteiger partial charge is 0.497 e. The average molecular weight is 1340 g/mol. The Morgan fingerprint density at radius 1 is 0.242 bits per heavy atom. The number of hydrogen-bond acceptors (Lipinski definition) is 15. The third-order valence-electron chi connectivity index (χ3n) is 14.5. The maximum absolute atomic E-state index is 11.2. The van der Waals surface area contributed by atoms with Gasteiger partial charge in [-0.25, -0.2) is 0 Å². The summed E-state index contributed by atoms with van der Waals surface area (Å²) >= 11 is 0. The van der Waals surface area contributed by atoms with E-state index in [0.29, 0.717) is 28.2 Å². The summed E-state index contributed by atoms with van der Waals surface area (Å²) in [6, 6.07) is 69.2. The Bertz CT molecular complexity index is 4280. The Balaban J connectivity index is 0.000000247. The van der Waals surface area contributed by atoms with E-state index >= 15 is 0 Å². The van der Waals surface area contributed by atoms with Gasteiger partial charge in [-0.15, -0.1) is 0 Å². The molecule has 10 rings (SSSR count). The summed E-state index contributed by atoms with van der Waals surface area (Å²) in [6.45, 7) is 10.8. The van der Waals surface area contributed by atoms with E-state index in [1.54, 1.807) is 157 Å². The van der Waals surface area contributed by atoms with Crippen molar-refractivity contribution in [1.29, 1.82) is 0 Å². The van der Waals surface area contributed by atoms with Gasteiger partial charge in [0.25, 0.3) is 0 Å². The van der Waals surface area contributed by atoms with Crippen molar-refractivity contribution in [3.8, 4) is 57.1 Å². The molecule has 0 heterocycles. The van der Waals surface area contributed by atoms with Gasteiger partial charge in [0.1, 0.15) is 34.5 Å². The van der Waals surface area contributed by atoms with Crippen LogP contribution >= 0.6 is 0 Å². The van der Waals surface area contributed by atoms with Gasteiger partial charge in [-0.2, -0.15) is 0 Å². The lowest BCUT2D eigenvalue weighted by Crippen LogP contribution is -1.95. The molecule has 15 heteroatoms. The normalized spacial score (nSPS) is 9.97. The summed E-state index contributed by atoms with van der Waals surface area (Å²) in [7, 11) is 12.9. The molecule has 0 spiro atoms. The van der Waals surface area contributed by atoms with Crippen LogP contribution in [0.4, 0.5) is 0 Å². The molecule has 0 atom stereocenters. The third kappa shape index (κ3) is 28.1. The number of hydrogen-bond donors (Lipinski definition) is 0. The first-order valence-electron chi connectivity index (χ1n) is 31.1. The summed E-state index contributed by atoms with van der Waals surface area (Å²) in [6.07, 6.45) is 7.37. The molecule has 0 amide bonds. The van der Waals surface area contributed by atoms with Gasteiger partial charge >= 0.3 is 0 Å². The van der Waals surface area contributed by atoms with Gasteiger partial charge in [-0.05, 0) is 202 Å². The van der Waals surface area contributed by atoms with Crippen molar-refractivity contribution in [1.82, 2.24) is 0 Å². The number of fused-ring (bicyclic) bond motifs is 1. The number of benzene rings is 10. The Hall–Kier alpha value is -12.0. The van der Waals surface area contributed by atoms with Crippen LogP contribution in [0, 0.1) is 0 Å². The Kier molecular flexibility index (Phi) is 34.1. The highest BCUT2D eigenvalue weighted by Crippen LogP contribution is 2.28. The van der Waals surface area contributed by atoms with E-state index in [1.807, 2.05) is 176 Å². The Labute approximate surface area is 581 Å². The molecule has 0 aliphatic carbocycles. The first-order valence-corrected chi connectivity index (χ1v) is 31.1. The quantitative estimate of drug-likeness (QED) is 0.0421. The predicted molar refractivity (Wildman–Crippen MR) is 396 cm³/mol. The predicted octanol–water partition coefficient (Wildman–Crippen LogP) is 18.7. The molecule has 0 saturated heterocycles. The lowest BCUT2D eigenvalue weighted by Gasteiger charge is -2.07. The van der Waals surface area contributed by atoms with Gasteiger partial charge in [0.15, 0.2) is 52.0 Å². The van der Waals surface area contributed by atoms with Crippen LogP contribution in [-0.2, 0) is 4.79 Å². The smallest absolute Gasteiger partial charge is 0.161 e. The van der Waals surface area contributed by atoms with E-state index in [4.69, 9.17) is 37.9 Å². The molecule has 10 aromatic carbocycles. The number of methoxy groups -OCH3 is 8. The second-order valence-electron chi connectivity index (χ2n) is 21.5. The van der Waals surface area contributed by atoms with Crippen LogP contribution in [-0.4, -0.2) is 97.4 Å². The van der Waals surface area contributed by atoms with E-state index in [-0.39, 0.29) is 40.5 Å². The third-order valence-corrected chi connectivity index (χ3v) is 14.5. The Morgan fingerprint density at radius 3 is 0.939 bits per heavy atom. The molecule has 0 aromatic heterocycles. The van der Waals surface area contributed by atoms with Crippen molar-refractivity contribution in [3.05, 3.63) is 281 Å². The number of rotatable bonds is 19. The van der Waals surface area contributed by atoms with Crippen LogP contribution in [0.3, 0.4) is 0 Å². The molecule has 0 aliphatic rings. The van der Waals surface area contributed by atoms with E-state index in [2.05, 4.69) is 0 Å². The summed E-state index contributed by atoms with van der Waals surface area (Å²) in [5.41, 5.74) is 9.62. The molecule has 0 bridgehead atoms. The topological polar surface area (TPSA) is 193 Å². The minimum Gasteiger partial charge on any atom is -0.497 e. The molecule has 0 unspecified atom stereocenters. The standard InChI is InChI=1S/C17H16O2.C15H14O2.C13H12O2.C11H12O2.C10H12O3.2C9H10O2/c1-13(18)16-9-5-14(6-10-16)3-4-15-7-11-17(19-2)12-8-15;1-11(16)12-3-5-13(6-4-12)14-7-9-15(17-2)10-8-14;1-9(14)10-3-4-12-8-13(15-2)6-5-11(12)7-10;1-9(12)3-4-10-5-7-11(13-2)8-6-10;1-7(11)8-4-5-9(12-2)10(6-8)13-3;1-7(10)8-3-5-9(11-2)6-4-8;1-7(10)8-4-3-5-9(6-8)11-2/h3-12H,1-2H3;3-10H,1-2H3;3-8H,1-2H3;3-8H,1-2H3;4-6H,1-3H3;2*3-6H,1-2H3/b4-3+;;;4-3+;;;. The van der Waals surface area contributed by atoms with E-state index < -0.39 is 0 Å². The number of ketones is 7. The summed E-state index contributed by atoms with van der Waals surface area (Å²) in [5, 5.41) is 2.14. The second-order valence-corrected chi connectivity index (χ2v) is 21.5. The maximum atomic E-state index is 11.2. The highest BCUT2D eigenvalue weighted by Gasteiger charge is 2.08. The van der Waals surface area contributed by atoms with E-state index in [9.17, 15) is 33.6 Å². The Morgan fingerprint density at radius 2 is 0.535 bits per heavy atom. The second kappa shape index (κ2) is 42.5. The van der Waals surface area contributed by atoms with Crippen LogP contribution < -0.4 is 37.9 Å². The molecular weight excluding hydrogens is 1250 g/mol. The molecule has 512 valence electrons. The molecule has 0 N–H and O–H groups in total. The van der Waals surface area contributed by atoms with Crippen molar-refractivity contribution in [2.24, 2.45) is 0 Å². The summed E-state index contributed by atoms with van der Waals surface area (Å²) < 4.78 is 40.3. The van der Waals surface area contributed by atoms with Crippen molar-refractivity contribution >= 4 is 69.5 Å². The van der Waals surface area contributed by atoms with Crippen LogP contribution in [0.5, 0.6) is 46.0 Å². The van der Waals surface area contributed by atoms with Gasteiger partial charge in [-0.1, -0.05) is 133 Å². The lowest BCUT2D eigenvalue weighted by molar-refractivity contribution is -0.112. The molecule has 0 saturated carbocycles. The number of carbonyl (C=O) groups is 7. The van der Waals surface area contributed by atoms with Crippen molar-refractivity contribution in [2.45, 2.75) is 48.5 Å². The summed E-state index contributed by atoms with van der Waals surface area (Å²) in [5.74, 6) is 6.52. The van der Waals surface area contributed by atoms with Crippen LogP contribution in [0.1, 0.15) is 127 Å². The zero-order valence-electron chi connectivity index (χ0n) is 58.8. The van der Waals surface area contributed by atoms with Crippen LogP contribution in [0.15, 0.2) is 231 Å². The van der Waals surface area contributed by atoms with Crippen LogP contribution in [0.25, 0.3) is 40.1 Å². The average Bonchev–Trinajstić information content (AvgIpc) is 0.839. The maximum Gasteiger partial charge on any atom is 0.161 e. The fourth-order valence-electron chi connectivity index (χ4n) is 8.64. The molecule has 10 aromatic rings. The molecule has 99 heavy (non-hydrogen) atoms. The molecule has 0 aliphatic heterocycles. The monoisotopic (exact) mass is 1330 g/mol. The molecule has 0 radical (unpaired) electrons. The molecule has 15 nitrogen and oxygen atoms in total. The van der Waals surface area contributed by atoms with Gasteiger partial charge in [0.05, 0.1) is 56.9 Å². The molecular formula is C84H86O15. The lowest BCUT2D eigenvalue weighted by atomic mass is 10.0. The SMILES string of the molecule is COc1ccc(-c2ccc(C(C)=O)cc2)cc1.COc1ccc(/C=C/C(C)=O)cc1.COc1ccc(/C=C/c2ccc(C(C)=O)cc2)cc1.COc1ccc(C(C)=O)cc1.COc1ccc(C(C)=O)cc1OC.COc1ccc2cc(C(C)=O)ccc2c1.COc1cccc(C(C)=O)c1. The van der Waals surface area contributed by atoms with Gasteiger partial charge < -0.3 is 37.9 Å².